The van der Waals surface area contributed by atoms with Gasteiger partial charge in [-0.15, -0.1) is 0 Å². The van der Waals surface area contributed by atoms with Gasteiger partial charge in [-0.1, -0.05) is 40.2 Å². The van der Waals surface area contributed by atoms with E-state index in [2.05, 4.69) is 78.4 Å². The van der Waals surface area contributed by atoms with Gasteiger partial charge in [0.25, 0.3) is 0 Å². The Morgan fingerprint density at radius 1 is 1.00 bits per heavy atom. The topological polar surface area (TPSA) is 12.0 Å². The lowest BCUT2D eigenvalue weighted by Crippen LogP contribution is -2.19. The second kappa shape index (κ2) is 6.55. The van der Waals surface area contributed by atoms with Crippen molar-refractivity contribution in [2.24, 2.45) is 0 Å². The molecule has 0 bridgehead atoms. The molecule has 0 aromatic heterocycles. The number of hydrogen-bond acceptors (Lipinski definition) is 1. The van der Waals surface area contributed by atoms with Crippen molar-refractivity contribution in [2.45, 2.75) is 33.2 Å². The summed E-state index contributed by atoms with van der Waals surface area (Å²) >= 11 is 3.59. The monoisotopic (exact) mass is 331 g/mol. The van der Waals surface area contributed by atoms with Gasteiger partial charge in [-0.2, -0.15) is 0 Å². The van der Waals surface area contributed by atoms with E-state index >= 15 is 0 Å². The number of hydrogen-bond donors (Lipinski definition) is 1. The predicted molar refractivity (Wildman–Crippen MR) is 90.3 cm³/mol. The lowest BCUT2D eigenvalue weighted by Gasteiger charge is -2.18. The van der Waals surface area contributed by atoms with Crippen LogP contribution in [0, 0.1) is 20.8 Å². The van der Waals surface area contributed by atoms with Crippen LogP contribution in [0.4, 0.5) is 0 Å². The molecule has 1 nitrogen and oxygen atoms in total. The highest BCUT2D eigenvalue weighted by molar-refractivity contribution is 9.10. The van der Waals surface area contributed by atoms with E-state index in [9.17, 15) is 0 Å². The van der Waals surface area contributed by atoms with Crippen LogP contribution in [-0.2, 0) is 6.42 Å². The van der Waals surface area contributed by atoms with Crippen LogP contribution in [0.2, 0.25) is 0 Å². The molecule has 0 aliphatic carbocycles. The Morgan fingerprint density at radius 3 is 2.35 bits per heavy atom. The van der Waals surface area contributed by atoms with Crippen molar-refractivity contribution in [1.82, 2.24) is 5.32 Å². The Hall–Kier alpha value is -1.12. The fourth-order valence-corrected chi connectivity index (χ4v) is 3.14. The van der Waals surface area contributed by atoms with Crippen LogP contribution in [0.5, 0.6) is 0 Å². The maximum atomic E-state index is 3.59. The van der Waals surface area contributed by atoms with Crippen molar-refractivity contribution < 1.29 is 0 Å². The minimum absolute atomic E-state index is 0.341. The maximum absolute atomic E-state index is 3.59. The van der Waals surface area contributed by atoms with E-state index in [0.717, 1.165) is 10.9 Å². The van der Waals surface area contributed by atoms with Crippen molar-refractivity contribution in [3.8, 4) is 0 Å². The highest BCUT2D eigenvalue weighted by Crippen LogP contribution is 2.24. The number of benzene rings is 2. The second-order valence-electron chi connectivity index (χ2n) is 5.53. The fraction of sp³-hybridized carbons (Fsp3) is 0.333. The number of likely N-dealkylation sites (N-methyl/N-ethyl adjacent to an activating group) is 1. The zero-order valence-electron chi connectivity index (χ0n) is 12.6. The lowest BCUT2D eigenvalue weighted by atomic mass is 9.96. The first kappa shape index (κ1) is 15.3. The summed E-state index contributed by atoms with van der Waals surface area (Å²) in [4.78, 5) is 0. The molecule has 2 aromatic carbocycles. The lowest BCUT2D eigenvalue weighted by molar-refractivity contribution is 0.591. The number of halogens is 1. The molecule has 106 valence electrons. The highest BCUT2D eigenvalue weighted by atomic mass is 79.9. The average molecular weight is 332 g/mol. The molecule has 0 heterocycles. The Bertz CT molecular complexity index is 584. The fourth-order valence-electron chi connectivity index (χ4n) is 2.52. The van der Waals surface area contributed by atoms with E-state index in [1.165, 1.54) is 27.8 Å². The summed E-state index contributed by atoms with van der Waals surface area (Å²) in [7, 11) is 2.03. The molecule has 0 saturated heterocycles. The SMILES string of the molecule is CNC(Cc1ccc(C)c(C)c1)c1cc(C)cc(Br)c1. The molecule has 0 radical (unpaired) electrons. The second-order valence-corrected chi connectivity index (χ2v) is 6.44. The van der Waals surface area contributed by atoms with Gasteiger partial charge in [0.05, 0.1) is 0 Å². The van der Waals surface area contributed by atoms with Crippen LogP contribution in [0.15, 0.2) is 40.9 Å². The van der Waals surface area contributed by atoms with Crippen LogP contribution >= 0.6 is 15.9 Å². The summed E-state index contributed by atoms with van der Waals surface area (Å²) in [5.41, 5.74) is 6.72. The first-order valence-electron chi connectivity index (χ1n) is 7.00. The van der Waals surface area contributed by atoms with Gasteiger partial charge in [0.2, 0.25) is 0 Å². The predicted octanol–water partition coefficient (Wildman–Crippen LogP) is 4.88. The molecule has 1 N–H and O–H groups in total. The summed E-state index contributed by atoms with van der Waals surface area (Å²) in [5, 5.41) is 3.43. The zero-order valence-corrected chi connectivity index (χ0v) is 14.2. The third-order valence-corrected chi connectivity index (χ3v) is 4.28. The van der Waals surface area contributed by atoms with Crippen LogP contribution in [-0.4, -0.2) is 7.05 Å². The summed E-state index contributed by atoms with van der Waals surface area (Å²) in [6, 6.07) is 13.7. The van der Waals surface area contributed by atoms with Gasteiger partial charge in [-0.25, -0.2) is 0 Å². The Morgan fingerprint density at radius 2 is 1.75 bits per heavy atom. The standard InChI is InChI=1S/C18H22BrN/c1-12-7-16(11-17(19)8-12)18(20-4)10-15-6-5-13(2)14(3)9-15/h5-9,11,18,20H,10H2,1-4H3. The van der Waals surface area contributed by atoms with Gasteiger partial charge in [0.1, 0.15) is 0 Å². The van der Waals surface area contributed by atoms with Gasteiger partial charge in [0, 0.05) is 10.5 Å². The minimum atomic E-state index is 0.341. The van der Waals surface area contributed by atoms with Crippen molar-refractivity contribution in [3.05, 3.63) is 68.7 Å². The zero-order chi connectivity index (χ0) is 14.7. The van der Waals surface area contributed by atoms with Gasteiger partial charge < -0.3 is 5.32 Å². The highest BCUT2D eigenvalue weighted by Gasteiger charge is 2.11. The first-order valence-corrected chi connectivity index (χ1v) is 7.79. The summed E-state index contributed by atoms with van der Waals surface area (Å²) in [6.07, 6.45) is 1.01. The largest absolute Gasteiger partial charge is 0.313 e. The number of aryl methyl sites for hydroxylation is 3. The summed E-state index contributed by atoms with van der Waals surface area (Å²) in [5.74, 6) is 0. The van der Waals surface area contributed by atoms with Crippen LogP contribution < -0.4 is 5.32 Å². The number of rotatable bonds is 4. The molecule has 2 rings (SSSR count). The molecule has 0 saturated carbocycles. The van der Waals surface area contributed by atoms with Crippen LogP contribution in [0.1, 0.15) is 33.9 Å². The van der Waals surface area contributed by atoms with Gasteiger partial charge in [-0.3, -0.25) is 0 Å². The smallest absolute Gasteiger partial charge is 0.0358 e. The molecule has 2 heteroatoms. The average Bonchev–Trinajstić information content (AvgIpc) is 2.38. The molecule has 0 amide bonds. The van der Waals surface area contributed by atoms with Crippen molar-refractivity contribution in [2.75, 3.05) is 7.05 Å². The normalized spacial score (nSPS) is 12.4. The molecule has 0 spiro atoms. The van der Waals surface area contributed by atoms with E-state index in [4.69, 9.17) is 0 Å². The third-order valence-electron chi connectivity index (χ3n) is 3.83. The van der Waals surface area contributed by atoms with Crippen molar-refractivity contribution in [3.63, 3.8) is 0 Å². The molecule has 1 unspecified atom stereocenters. The molecule has 0 aliphatic rings. The van der Waals surface area contributed by atoms with Gasteiger partial charge in [-0.05, 0) is 74.2 Å². The minimum Gasteiger partial charge on any atom is -0.313 e. The Labute approximate surface area is 130 Å². The van der Waals surface area contributed by atoms with Gasteiger partial charge >= 0.3 is 0 Å². The molecule has 1 atom stereocenters. The third kappa shape index (κ3) is 3.71. The quantitative estimate of drug-likeness (QED) is 0.842. The van der Waals surface area contributed by atoms with E-state index in [1.807, 2.05) is 7.05 Å². The molecular weight excluding hydrogens is 310 g/mol. The molecule has 0 aliphatic heterocycles. The molecular formula is C18H22BrN. The summed E-state index contributed by atoms with van der Waals surface area (Å²) in [6.45, 7) is 6.47. The first-order chi connectivity index (χ1) is 9.49. The van der Waals surface area contributed by atoms with E-state index in [1.54, 1.807) is 0 Å². The summed E-state index contributed by atoms with van der Waals surface area (Å²) < 4.78 is 1.15. The molecule has 0 fully saturated rings. The van der Waals surface area contributed by atoms with Crippen LogP contribution in [0.25, 0.3) is 0 Å². The van der Waals surface area contributed by atoms with E-state index in [-0.39, 0.29) is 0 Å². The Kier molecular flexibility index (Phi) is 5.00. The van der Waals surface area contributed by atoms with E-state index < -0.39 is 0 Å². The van der Waals surface area contributed by atoms with E-state index in [0.29, 0.717) is 6.04 Å². The van der Waals surface area contributed by atoms with Crippen molar-refractivity contribution >= 4 is 15.9 Å². The van der Waals surface area contributed by atoms with Crippen LogP contribution in [0.3, 0.4) is 0 Å². The Balaban J connectivity index is 2.26. The molecule has 2 aromatic rings. The number of nitrogens with one attached hydrogen (secondary N) is 1. The van der Waals surface area contributed by atoms with Gasteiger partial charge in [0.15, 0.2) is 0 Å². The van der Waals surface area contributed by atoms with Crippen molar-refractivity contribution in [1.29, 1.82) is 0 Å². The molecule has 20 heavy (non-hydrogen) atoms. The maximum Gasteiger partial charge on any atom is 0.0358 e.